The molecule has 1 N–H and O–H groups in total. The average Bonchev–Trinajstić information content (AvgIpc) is 3.55. The van der Waals surface area contributed by atoms with Crippen LogP contribution in [-0.4, -0.2) is 93.0 Å². The van der Waals surface area contributed by atoms with Crippen LogP contribution in [0.2, 0.25) is 0 Å². The molecule has 0 unspecified atom stereocenters. The van der Waals surface area contributed by atoms with Crippen molar-refractivity contribution in [3.8, 4) is 11.5 Å². The highest BCUT2D eigenvalue weighted by atomic mass is 19.4. The summed E-state index contributed by atoms with van der Waals surface area (Å²) in [5.41, 5.74) is 1.37. The maximum atomic E-state index is 14.1. The number of likely N-dealkylation sites (N-methyl/N-ethyl adjacent to an activating group) is 1. The Labute approximate surface area is 261 Å². The van der Waals surface area contributed by atoms with Gasteiger partial charge in [-0.2, -0.15) is 18.2 Å². The molecule has 6 rings (SSSR count). The topological polar surface area (TPSA) is 78.5 Å². The molecule has 45 heavy (non-hydrogen) atoms. The first-order valence-electron chi connectivity index (χ1n) is 15.4. The van der Waals surface area contributed by atoms with E-state index in [9.17, 15) is 13.2 Å². The number of hydroxylamine groups is 1. The van der Waals surface area contributed by atoms with Crippen LogP contribution in [-0.2, 0) is 11.0 Å². The quantitative estimate of drug-likeness (QED) is 0.353. The molecular weight excluding hydrogens is 587 g/mol. The Morgan fingerprint density at radius 3 is 2.42 bits per heavy atom. The average molecular weight is 628 g/mol. The Kier molecular flexibility index (Phi) is 9.20. The molecule has 13 heteroatoms. The lowest BCUT2D eigenvalue weighted by atomic mass is 10.0. The minimum Gasteiger partial charge on any atom is -0.497 e. The monoisotopic (exact) mass is 627 g/mol. The Morgan fingerprint density at radius 2 is 1.71 bits per heavy atom. The third-order valence-electron chi connectivity index (χ3n) is 8.96. The lowest BCUT2D eigenvalue weighted by molar-refractivity contribution is -0.138. The number of nitrogens with zero attached hydrogens (tertiary/aromatic N) is 6. The van der Waals surface area contributed by atoms with Crippen LogP contribution in [0.3, 0.4) is 0 Å². The fourth-order valence-electron chi connectivity index (χ4n) is 6.44. The smallest absolute Gasteiger partial charge is 0.421 e. The second-order valence-electron chi connectivity index (χ2n) is 11.7. The van der Waals surface area contributed by atoms with Crippen molar-refractivity contribution in [1.82, 2.24) is 19.8 Å². The summed E-state index contributed by atoms with van der Waals surface area (Å²) >= 11 is 0. The van der Waals surface area contributed by atoms with Crippen LogP contribution in [0.5, 0.6) is 11.5 Å². The van der Waals surface area contributed by atoms with Crippen LogP contribution < -0.4 is 24.8 Å². The number of nitrogens with one attached hydrogen (secondary N) is 1. The van der Waals surface area contributed by atoms with Crippen LogP contribution in [0.25, 0.3) is 0 Å². The molecule has 1 atom stereocenters. The van der Waals surface area contributed by atoms with Crippen LogP contribution >= 0.6 is 0 Å². The maximum Gasteiger partial charge on any atom is 0.421 e. The summed E-state index contributed by atoms with van der Waals surface area (Å²) in [6, 6.07) is 13.0. The van der Waals surface area contributed by atoms with Crippen molar-refractivity contribution in [3.05, 3.63) is 59.8 Å². The Balaban J connectivity index is 1.20. The zero-order valence-electron chi connectivity index (χ0n) is 25.9. The van der Waals surface area contributed by atoms with E-state index in [1.165, 1.54) is 5.06 Å². The number of piperidine rings is 1. The number of aromatic nitrogens is 2. The van der Waals surface area contributed by atoms with E-state index in [2.05, 4.69) is 37.0 Å². The molecule has 3 fully saturated rings. The molecule has 0 aliphatic carbocycles. The van der Waals surface area contributed by atoms with E-state index in [4.69, 9.17) is 14.3 Å². The van der Waals surface area contributed by atoms with Gasteiger partial charge >= 0.3 is 6.18 Å². The van der Waals surface area contributed by atoms with Crippen LogP contribution in [0.4, 0.5) is 36.3 Å². The number of ether oxygens (including phenoxy) is 2. The normalized spacial score (nSPS) is 20.4. The summed E-state index contributed by atoms with van der Waals surface area (Å²) in [7, 11) is 5.34. The van der Waals surface area contributed by atoms with Gasteiger partial charge in [-0.3, -0.25) is 9.74 Å². The number of benzene rings is 2. The van der Waals surface area contributed by atoms with Gasteiger partial charge in [0.1, 0.15) is 17.1 Å². The molecule has 3 saturated heterocycles. The number of alkyl halides is 3. The van der Waals surface area contributed by atoms with Gasteiger partial charge < -0.3 is 24.6 Å². The molecule has 0 amide bonds. The number of rotatable bonds is 8. The van der Waals surface area contributed by atoms with Gasteiger partial charge in [0.05, 0.1) is 32.6 Å². The molecule has 3 aromatic rings. The number of hydrogen-bond acceptors (Lipinski definition) is 10. The van der Waals surface area contributed by atoms with Crippen molar-refractivity contribution in [1.29, 1.82) is 0 Å². The van der Waals surface area contributed by atoms with Crippen molar-refractivity contribution < 1.29 is 27.5 Å². The molecular formula is C32H40F3N7O3. The van der Waals surface area contributed by atoms with E-state index < -0.39 is 17.8 Å². The van der Waals surface area contributed by atoms with Crippen molar-refractivity contribution >= 4 is 23.1 Å². The van der Waals surface area contributed by atoms with Crippen molar-refractivity contribution in [2.45, 2.75) is 37.5 Å². The first-order valence-corrected chi connectivity index (χ1v) is 15.4. The molecule has 3 aliphatic heterocycles. The molecule has 242 valence electrons. The van der Waals surface area contributed by atoms with Crippen molar-refractivity contribution in [3.63, 3.8) is 0 Å². The number of halogens is 3. The molecule has 0 spiro atoms. The summed E-state index contributed by atoms with van der Waals surface area (Å²) in [6.07, 6.45) is -1.22. The van der Waals surface area contributed by atoms with Crippen LogP contribution in [0, 0.1) is 0 Å². The lowest BCUT2D eigenvalue weighted by Crippen LogP contribution is -2.52. The van der Waals surface area contributed by atoms with Crippen LogP contribution in [0.1, 0.15) is 36.4 Å². The molecule has 3 aliphatic rings. The second-order valence-corrected chi connectivity index (χ2v) is 11.7. The molecule has 4 heterocycles. The van der Waals surface area contributed by atoms with E-state index in [-0.39, 0.29) is 18.4 Å². The largest absolute Gasteiger partial charge is 0.497 e. The van der Waals surface area contributed by atoms with Gasteiger partial charge in [-0.15, -0.1) is 0 Å². The van der Waals surface area contributed by atoms with Gasteiger partial charge in [-0.1, -0.05) is 12.1 Å². The predicted molar refractivity (Wildman–Crippen MR) is 166 cm³/mol. The molecule has 2 aromatic carbocycles. The standard InChI is InChI=1S/C32H40F3N7O3/c1-39-14-16-40(17-15-39)24-9-12-41(13-10-24)28-8-7-23(20-29(28)44-3)37-31-36-21-26(32(33,34)35)30(38-31)42-27(11-18-45-42)22-5-4-6-25(19-22)43-2/h4-8,19-21,24,27H,9-18H2,1-3H3,(H,36,37,38)/t27-/m0/s1. The lowest BCUT2D eigenvalue weighted by Gasteiger charge is -2.42. The van der Waals surface area contributed by atoms with Crippen molar-refractivity contribution in [2.75, 3.05) is 82.4 Å². The highest BCUT2D eigenvalue weighted by Crippen LogP contribution is 2.42. The molecule has 10 nitrogen and oxygen atoms in total. The first kappa shape index (κ1) is 31.2. The van der Waals surface area contributed by atoms with Crippen LogP contribution in [0.15, 0.2) is 48.7 Å². The summed E-state index contributed by atoms with van der Waals surface area (Å²) in [5, 5.41) is 4.31. The SMILES string of the molecule is COc1cccc([C@@H]2CCON2c2nc(Nc3ccc(N4CCC(N5CCN(C)CC5)CC4)c(OC)c3)ncc2C(F)(F)F)c1. The third-order valence-corrected chi connectivity index (χ3v) is 8.96. The van der Waals surface area contributed by atoms with Gasteiger partial charge in [-0.25, -0.2) is 10.0 Å². The van der Waals surface area contributed by atoms with Crippen molar-refractivity contribution in [2.24, 2.45) is 0 Å². The molecule has 0 saturated carbocycles. The minimum atomic E-state index is -4.68. The summed E-state index contributed by atoms with van der Waals surface area (Å²) in [6.45, 7) is 6.55. The number of anilines is 4. The van der Waals surface area contributed by atoms with Gasteiger partial charge in [0.25, 0.3) is 0 Å². The number of piperazine rings is 1. The zero-order chi connectivity index (χ0) is 31.6. The summed E-state index contributed by atoms with van der Waals surface area (Å²) < 4.78 is 53.5. The second kappa shape index (κ2) is 13.3. The predicted octanol–water partition coefficient (Wildman–Crippen LogP) is 5.36. The number of hydrogen-bond donors (Lipinski definition) is 1. The zero-order valence-corrected chi connectivity index (χ0v) is 25.9. The Morgan fingerprint density at radius 1 is 0.933 bits per heavy atom. The van der Waals surface area contributed by atoms with E-state index in [1.807, 2.05) is 24.3 Å². The van der Waals surface area contributed by atoms with E-state index in [0.717, 1.165) is 69.6 Å². The number of methoxy groups -OCH3 is 2. The maximum absolute atomic E-state index is 14.1. The van der Waals surface area contributed by atoms with E-state index in [0.29, 0.717) is 29.6 Å². The fourth-order valence-corrected chi connectivity index (χ4v) is 6.44. The van der Waals surface area contributed by atoms with Gasteiger partial charge in [0, 0.05) is 69.7 Å². The Hall–Kier alpha value is -3.81. The summed E-state index contributed by atoms with van der Waals surface area (Å²) in [4.78, 5) is 21.4. The summed E-state index contributed by atoms with van der Waals surface area (Å²) in [5.74, 6) is 0.946. The minimum absolute atomic E-state index is 0.0145. The molecule has 1 aromatic heterocycles. The first-order chi connectivity index (χ1) is 21.7. The van der Waals surface area contributed by atoms with Gasteiger partial charge in [-0.05, 0) is 49.7 Å². The van der Waals surface area contributed by atoms with Gasteiger partial charge in [0.2, 0.25) is 5.95 Å². The third kappa shape index (κ3) is 6.90. The van der Waals surface area contributed by atoms with Gasteiger partial charge in [0.15, 0.2) is 5.82 Å². The highest BCUT2D eigenvalue weighted by molar-refractivity contribution is 5.68. The fraction of sp³-hybridized carbons (Fsp3) is 0.500. The highest BCUT2D eigenvalue weighted by Gasteiger charge is 2.41. The van der Waals surface area contributed by atoms with E-state index in [1.54, 1.807) is 32.4 Å². The van der Waals surface area contributed by atoms with E-state index >= 15 is 0 Å². The Bertz CT molecular complexity index is 1460. The molecule has 0 bridgehead atoms. The molecule has 0 radical (unpaired) electrons.